The van der Waals surface area contributed by atoms with E-state index in [1.165, 1.54) is 0 Å². The fourth-order valence-corrected chi connectivity index (χ4v) is 0.421. The third-order valence-electron chi connectivity index (χ3n) is 0.900. The highest BCUT2D eigenvalue weighted by Gasteiger charge is 2.16. The van der Waals surface area contributed by atoms with Gasteiger partial charge in [0.15, 0.2) is 6.04 Å². The molecule has 1 atom stereocenters. The number of aliphatic imine (C=N–C) groups is 1. The maximum absolute atomic E-state index is 10.1. The Labute approximate surface area is 57.6 Å². The van der Waals surface area contributed by atoms with Crippen LogP contribution in [-0.2, 0) is 9.59 Å². The number of amides is 1. The second-order valence-corrected chi connectivity index (χ2v) is 1.71. The van der Waals surface area contributed by atoms with Crippen molar-refractivity contribution in [3.05, 3.63) is 0 Å². The van der Waals surface area contributed by atoms with E-state index in [-0.39, 0.29) is 6.42 Å². The lowest BCUT2D eigenvalue weighted by Gasteiger charge is -2.00. The van der Waals surface area contributed by atoms with E-state index >= 15 is 0 Å². The van der Waals surface area contributed by atoms with E-state index in [4.69, 9.17) is 10.8 Å². The predicted octanol–water partition coefficient (Wildman–Crippen LogP) is -0.984. The summed E-state index contributed by atoms with van der Waals surface area (Å²) in [5.74, 6) is -1.88. The molecule has 0 aromatic rings. The lowest BCUT2D eigenvalue weighted by atomic mass is 10.2. The Morgan fingerprint density at radius 2 is 2.20 bits per heavy atom. The Balaban J connectivity index is 3.96. The summed E-state index contributed by atoms with van der Waals surface area (Å²) in [6.45, 7) is 3.00. The molecule has 0 radical (unpaired) electrons. The average Bonchev–Trinajstić information content (AvgIpc) is 1.81. The summed E-state index contributed by atoms with van der Waals surface area (Å²) >= 11 is 0. The van der Waals surface area contributed by atoms with Gasteiger partial charge in [-0.15, -0.1) is 0 Å². The molecule has 0 spiro atoms. The van der Waals surface area contributed by atoms with Crippen molar-refractivity contribution >= 4 is 18.6 Å². The molecular weight excluding hydrogens is 136 g/mol. The van der Waals surface area contributed by atoms with E-state index in [2.05, 4.69) is 11.7 Å². The molecule has 0 unspecified atom stereocenters. The third-order valence-corrected chi connectivity index (χ3v) is 0.900. The number of rotatable bonds is 4. The molecule has 0 aromatic heterocycles. The zero-order valence-corrected chi connectivity index (χ0v) is 5.28. The minimum absolute atomic E-state index is 0.293. The molecule has 1 amide bonds. The Bertz CT molecular complexity index is 166. The number of primary amides is 1. The van der Waals surface area contributed by atoms with Crippen molar-refractivity contribution in [2.24, 2.45) is 10.7 Å². The van der Waals surface area contributed by atoms with E-state index < -0.39 is 17.9 Å². The van der Waals surface area contributed by atoms with Crippen molar-refractivity contribution in [3.63, 3.8) is 0 Å². The summed E-state index contributed by atoms with van der Waals surface area (Å²) in [7, 11) is 0. The summed E-state index contributed by atoms with van der Waals surface area (Å²) < 4.78 is 0. The molecule has 0 aliphatic rings. The smallest absolute Gasteiger partial charge is 0.328 e. The molecule has 0 saturated heterocycles. The lowest BCUT2D eigenvalue weighted by molar-refractivity contribution is -0.140. The SMILES string of the molecule is C=N[C@@H](CC(N)=O)C(=O)O. The van der Waals surface area contributed by atoms with Crippen LogP contribution in [-0.4, -0.2) is 29.7 Å². The summed E-state index contributed by atoms with van der Waals surface area (Å²) in [4.78, 5) is 23.4. The zero-order chi connectivity index (χ0) is 8.15. The van der Waals surface area contributed by atoms with Gasteiger partial charge in [-0.25, -0.2) is 4.79 Å². The van der Waals surface area contributed by atoms with E-state index in [1.54, 1.807) is 0 Å². The molecular formula is C5H8N2O3. The van der Waals surface area contributed by atoms with Crippen LogP contribution in [0.3, 0.4) is 0 Å². The Morgan fingerprint density at radius 3 is 2.30 bits per heavy atom. The normalized spacial score (nSPS) is 12.0. The molecule has 10 heavy (non-hydrogen) atoms. The van der Waals surface area contributed by atoms with Gasteiger partial charge in [0.2, 0.25) is 5.91 Å². The van der Waals surface area contributed by atoms with Gasteiger partial charge < -0.3 is 10.8 Å². The van der Waals surface area contributed by atoms with Gasteiger partial charge in [-0.05, 0) is 6.72 Å². The summed E-state index contributed by atoms with van der Waals surface area (Å²) in [6, 6.07) is -1.10. The fourth-order valence-electron chi connectivity index (χ4n) is 0.421. The van der Waals surface area contributed by atoms with Gasteiger partial charge in [-0.1, -0.05) is 0 Å². The van der Waals surface area contributed by atoms with Gasteiger partial charge >= 0.3 is 5.97 Å². The summed E-state index contributed by atoms with van der Waals surface area (Å²) in [5, 5.41) is 8.28. The number of carbonyl (C=O) groups is 2. The molecule has 0 saturated carbocycles. The van der Waals surface area contributed by atoms with Gasteiger partial charge in [0.1, 0.15) is 0 Å². The molecule has 0 aliphatic carbocycles. The van der Waals surface area contributed by atoms with Crippen LogP contribution >= 0.6 is 0 Å². The van der Waals surface area contributed by atoms with Crippen LogP contribution in [0.4, 0.5) is 0 Å². The molecule has 3 N–H and O–H groups in total. The number of carbonyl (C=O) groups excluding carboxylic acids is 1. The minimum atomic E-state index is -1.19. The number of aliphatic carboxylic acids is 1. The molecule has 0 aliphatic heterocycles. The predicted molar refractivity (Wildman–Crippen MR) is 34.8 cm³/mol. The average molecular weight is 144 g/mol. The first kappa shape index (κ1) is 8.61. The van der Waals surface area contributed by atoms with Gasteiger partial charge in [0, 0.05) is 0 Å². The highest BCUT2D eigenvalue weighted by molar-refractivity contribution is 5.83. The molecule has 5 heteroatoms. The van der Waals surface area contributed by atoms with Crippen LogP contribution < -0.4 is 5.73 Å². The van der Waals surface area contributed by atoms with Crippen LogP contribution in [0, 0.1) is 0 Å². The van der Waals surface area contributed by atoms with E-state index in [9.17, 15) is 9.59 Å². The highest BCUT2D eigenvalue weighted by atomic mass is 16.4. The molecule has 56 valence electrons. The highest BCUT2D eigenvalue weighted by Crippen LogP contribution is 1.95. The topological polar surface area (TPSA) is 92.8 Å². The first-order valence-corrected chi connectivity index (χ1v) is 2.55. The standard InChI is InChI=1S/C5H8N2O3/c1-7-3(5(9)10)2-4(6)8/h3H,1-2H2,(H2,6,8)(H,9,10)/t3-/m0/s1. The third kappa shape index (κ3) is 2.81. The summed E-state index contributed by atoms with van der Waals surface area (Å²) in [6.07, 6.45) is -0.293. The quantitative estimate of drug-likeness (QED) is 0.496. The number of hydrogen-bond acceptors (Lipinski definition) is 3. The first-order valence-electron chi connectivity index (χ1n) is 2.55. The monoisotopic (exact) mass is 144 g/mol. The molecule has 0 aromatic carbocycles. The van der Waals surface area contributed by atoms with E-state index in [0.717, 1.165) is 0 Å². The largest absolute Gasteiger partial charge is 0.480 e. The zero-order valence-electron chi connectivity index (χ0n) is 5.28. The van der Waals surface area contributed by atoms with Crippen LogP contribution in [0.1, 0.15) is 6.42 Å². The van der Waals surface area contributed by atoms with Crippen molar-refractivity contribution in [2.75, 3.05) is 0 Å². The number of carboxylic acids is 1. The number of nitrogens with zero attached hydrogens (tertiary/aromatic N) is 1. The molecule has 0 bridgehead atoms. The maximum Gasteiger partial charge on any atom is 0.328 e. The Hall–Kier alpha value is -1.39. The van der Waals surface area contributed by atoms with Crippen molar-refractivity contribution in [2.45, 2.75) is 12.5 Å². The number of hydrogen-bond donors (Lipinski definition) is 2. The lowest BCUT2D eigenvalue weighted by Crippen LogP contribution is -2.25. The van der Waals surface area contributed by atoms with Crippen molar-refractivity contribution in [1.82, 2.24) is 0 Å². The van der Waals surface area contributed by atoms with Gasteiger partial charge in [-0.3, -0.25) is 9.79 Å². The van der Waals surface area contributed by atoms with Crippen molar-refractivity contribution in [1.29, 1.82) is 0 Å². The Morgan fingerprint density at radius 1 is 1.70 bits per heavy atom. The Kier molecular flexibility index (Phi) is 3.10. The molecule has 0 rings (SSSR count). The minimum Gasteiger partial charge on any atom is -0.480 e. The van der Waals surface area contributed by atoms with Crippen molar-refractivity contribution < 1.29 is 14.7 Å². The molecule has 0 fully saturated rings. The van der Waals surface area contributed by atoms with Crippen LogP contribution in [0.5, 0.6) is 0 Å². The number of nitrogens with two attached hydrogens (primary N) is 1. The van der Waals surface area contributed by atoms with Gasteiger partial charge in [0.05, 0.1) is 6.42 Å². The van der Waals surface area contributed by atoms with Gasteiger partial charge in [-0.2, -0.15) is 0 Å². The second-order valence-electron chi connectivity index (χ2n) is 1.71. The van der Waals surface area contributed by atoms with Crippen LogP contribution in [0.2, 0.25) is 0 Å². The maximum atomic E-state index is 10.1. The molecule has 5 nitrogen and oxygen atoms in total. The number of carboxylic acid groups (broad SMARTS) is 1. The van der Waals surface area contributed by atoms with Crippen LogP contribution in [0.15, 0.2) is 4.99 Å². The molecule has 0 heterocycles. The van der Waals surface area contributed by atoms with Crippen LogP contribution in [0.25, 0.3) is 0 Å². The van der Waals surface area contributed by atoms with E-state index in [1.807, 2.05) is 0 Å². The summed E-state index contributed by atoms with van der Waals surface area (Å²) in [5.41, 5.74) is 4.72. The fraction of sp³-hybridized carbons (Fsp3) is 0.400. The van der Waals surface area contributed by atoms with Gasteiger partial charge in [0.25, 0.3) is 0 Å². The first-order chi connectivity index (χ1) is 4.57. The van der Waals surface area contributed by atoms with Crippen molar-refractivity contribution in [3.8, 4) is 0 Å². The second kappa shape index (κ2) is 3.60. The van der Waals surface area contributed by atoms with E-state index in [0.29, 0.717) is 0 Å².